The maximum absolute atomic E-state index is 13.5. The van der Waals surface area contributed by atoms with E-state index in [9.17, 15) is 9.18 Å². The molecule has 1 aromatic carbocycles. The first-order chi connectivity index (χ1) is 9.99. The molecule has 1 aromatic rings. The summed E-state index contributed by atoms with van der Waals surface area (Å²) in [5.74, 6) is -0.988. The summed E-state index contributed by atoms with van der Waals surface area (Å²) >= 11 is 0. The van der Waals surface area contributed by atoms with Crippen LogP contribution in [0.5, 0.6) is 0 Å². The Hall–Kier alpha value is -2.15. The minimum Gasteiger partial charge on any atom is -0.409 e. The average molecular weight is 295 g/mol. The van der Waals surface area contributed by atoms with Crippen molar-refractivity contribution < 1.29 is 19.1 Å². The quantitative estimate of drug-likeness (QED) is 0.341. The number of nitrogens with two attached hydrogens (primary N) is 1. The molecule has 1 amide bonds. The summed E-state index contributed by atoms with van der Waals surface area (Å²) < 4.78 is 18.8. The fourth-order valence-electron chi connectivity index (χ4n) is 2.34. The molecule has 4 N–H and O–H groups in total. The molecule has 0 aromatic heterocycles. The van der Waals surface area contributed by atoms with Gasteiger partial charge in [-0.3, -0.25) is 4.79 Å². The molecule has 0 unspecified atom stereocenters. The van der Waals surface area contributed by atoms with Crippen molar-refractivity contribution in [3.8, 4) is 0 Å². The summed E-state index contributed by atoms with van der Waals surface area (Å²) in [7, 11) is 0. The van der Waals surface area contributed by atoms with Crippen LogP contribution in [0.2, 0.25) is 0 Å². The van der Waals surface area contributed by atoms with Crippen molar-refractivity contribution in [3.05, 3.63) is 29.6 Å². The Morgan fingerprint density at radius 2 is 2.14 bits per heavy atom. The van der Waals surface area contributed by atoms with Crippen LogP contribution in [0.3, 0.4) is 0 Å². The van der Waals surface area contributed by atoms with Gasteiger partial charge < -0.3 is 21.0 Å². The lowest BCUT2D eigenvalue weighted by Crippen LogP contribution is -2.50. The number of oxime groups is 1. The van der Waals surface area contributed by atoms with Gasteiger partial charge in [0.25, 0.3) is 0 Å². The Morgan fingerprint density at radius 1 is 1.48 bits per heavy atom. The maximum atomic E-state index is 13.5. The van der Waals surface area contributed by atoms with Gasteiger partial charge in [0.2, 0.25) is 5.91 Å². The second kappa shape index (κ2) is 6.09. The Bertz CT molecular complexity index is 569. The van der Waals surface area contributed by atoms with Crippen molar-refractivity contribution in [2.75, 3.05) is 18.5 Å². The molecular formula is C14H18FN3O3. The van der Waals surface area contributed by atoms with Crippen LogP contribution in [0.4, 0.5) is 10.1 Å². The zero-order chi connectivity index (χ0) is 15.5. The summed E-state index contributed by atoms with van der Waals surface area (Å²) in [6.07, 6.45) is 0.617. The Labute approximate surface area is 121 Å². The SMILES string of the molecule is Cc1ccc(NC(=O)C2(C(N)=NO)CCOCC2)cc1F. The molecule has 2 rings (SSSR count). The highest BCUT2D eigenvalue weighted by Gasteiger charge is 2.44. The lowest BCUT2D eigenvalue weighted by Gasteiger charge is -2.34. The molecule has 0 saturated carbocycles. The standard InChI is InChI=1S/C14H18FN3O3/c1-9-2-3-10(8-11(9)15)17-13(19)14(12(16)18-20)4-6-21-7-5-14/h2-3,8,20H,4-7H2,1H3,(H2,16,18)(H,17,19). The van der Waals surface area contributed by atoms with E-state index in [-0.39, 0.29) is 5.84 Å². The highest BCUT2D eigenvalue weighted by Crippen LogP contribution is 2.32. The number of hydrogen-bond acceptors (Lipinski definition) is 4. The molecule has 1 heterocycles. The second-order valence-electron chi connectivity index (χ2n) is 5.10. The van der Waals surface area contributed by atoms with Crippen LogP contribution < -0.4 is 11.1 Å². The van der Waals surface area contributed by atoms with E-state index < -0.39 is 17.1 Å². The fourth-order valence-corrected chi connectivity index (χ4v) is 2.34. The maximum Gasteiger partial charge on any atom is 0.238 e. The third kappa shape index (κ3) is 2.97. The summed E-state index contributed by atoms with van der Waals surface area (Å²) in [5.41, 5.74) is 5.39. The van der Waals surface area contributed by atoms with Gasteiger partial charge >= 0.3 is 0 Å². The number of amides is 1. The summed E-state index contributed by atoms with van der Waals surface area (Å²) in [4.78, 5) is 12.5. The minimum atomic E-state index is -1.13. The Morgan fingerprint density at radius 3 is 2.71 bits per heavy atom. The van der Waals surface area contributed by atoms with E-state index in [1.807, 2.05) is 0 Å². The predicted molar refractivity (Wildman–Crippen MR) is 75.7 cm³/mol. The van der Waals surface area contributed by atoms with Crippen molar-refractivity contribution in [1.29, 1.82) is 0 Å². The van der Waals surface area contributed by atoms with E-state index in [2.05, 4.69) is 10.5 Å². The van der Waals surface area contributed by atoms with Crippen LogP contribution in [0.1, 0.15) is 18.4 Å². The van der Waals surface area contributed by atoms with Gasteiger partial charge in [0.15, 0.2) is 5.84 Å². The number of nitrogens with zero attached hydrogens (tertiary/aromatic N) is 1. The third-order valence-corrected chi connectivity index (χ3v) is 3.81. The molecule has 1 fully saturated rings. The lowest BCUT2D eigenvalue weighted by atomic mass is 9.78. The van der Waals surface area contributed by atoms with E-state index in [0.717, 1.165) is 0 Å². The van der Waals surface area contributed by atoms with Crippen molar-refractivity contribution in [1.82, 2.24) is 0 Å². The van der Waals surface area contributed by atoms with Crippen molar-refractivity contribution in [2.24, 2.45) is 16.3 Å². The largest absolute Gasteiger partial charge is 0.409 e. The zero-order valence-corrected chi connectivity index (χ0v) is 11.7. The summed E-state index contributed by atoms with van der Waals surface area (Å²) in [5, 5.41) is 14.5. The highest BCUT2D eigenvalue weighted by atomic mass is 19.1. The number of hydrogen-bond donors (Lipinski definition) is 3. The van der Waals surface area contributed by atoms with Crippen LogP contribution >= 0.6 is 0 Å². The number of carbonyl (C=O) groups is 1. The predicted octanol–water partition coefficient (Wildman–Crippen LogP) is 1.62. The van der Waals surface area contributed by atoms with E-state index in [0.29, 0.717) is 37.3 Å². The number of anilines is 1. The van der Waals surface area contributed by atoms with E-state index in [1.165, 1.54) is 6.07 Å². The molecule has 6 nitrogen and oxygen atoms in total. The third-order valence-electron chi connectivity index (χ3n) is 3.81. The second-order valence-corrected chi connectivity index (χ2v) is 5.10. The van der Waals surface area contributed by atoms with Gasteiger partial charge in [-0.2, -0.15) is 0 Å². The van der Waals surface area contributed by atoms with Gasteiger partial charge in [-0.05, 0) is 37.5 Å². The lowest BCUT2D eigenvalue weighted by molar-refractivity contribution is -0.126. The molecule has 21 heavy (non-hydrogen) atoms. The number of aryl methyl sites for hydroxylation is 1. The van der Waals surface area contributed by atoms with Gasteiger partial charge in [0, 0.05) is 18.9 Å². The molecule has 0 spiro atoms. The monoisotopic (exact) mass is 295 g/mol. The van der Waals surface area contributed by atoms with Crippen LogP contribution in [-0.2, 0) is 9.53 Å². The number of rotatable bonds is 3. The molecule has 1 aliphatic rings. The van der Waals surface area contributed by atoms with Crippen LogP contribution in [0.25, 0.3) is 0 Å². The number of benzene rings is 1. The van der Waals surface area contributed by atoms with Crippen molar-refractivity contribution in [3.63, 3.8) is 0 Å². The van der Waals surface area contributed by atoms with Gasteiger partial charge in [0.1, 0.15) is 11.2 Å². The van der Waals surface area contributed by atoms with Gasteiger partial charge in [-0.15, -0.1) is 0 Å². The minimum absolute atomic E-state index is 0.157. The number of carbonyl (C=O) groups excluding carboxylic acids is 1. The molecule has 0 radical (unpaired) electrons. The summed E-state index contributed by atoms with van der Waals surface area (Å²) in [6.45, 7) is 2.31. The fraction of sp³-hybridized carbons (Fsp3) is 0.429. The number of nitrogens with one attached hydrogen (secondary N) is 1. The average Bonchev–Trinajstić information content (AvgIpc) is 2.50. The molecule has 7 heteroatoms. The van der Waals surface area contributed by atoms with Gasteiger partial charge in [0.05, 0.1) is 0 Å². The number of ether oxygens (including phenoxy) is 1. The first kappa shape index (κ1) is 15.2. The van der Waals surface area contributed by atoms with E-state index >= 15 is 0 Å². The topological polar surface area (TPSA) is 96.9 Å². The van der Waals surface area contributed by atoms with E-state index in [1.54, 1.807) is 19.1 Å². The highest BCUT2D eigenvalue weighted by molar-refractivity contribution is 6.11. The molecule has 0 bridgehead atoms. The molecule has 1 aliphatic heterocycles. The number of halogens is 1. The Balaban J connectivity index is 2.24. The molecule has 0 aliphatic carbocycles. The molecule has 1 saturated heterocycles. The van der Waals surface area contributed by atoms with E-state index in [4.69, 9.17) is 15.7 Å². The smallest absolute Gasteiger partial charge is 0.238 e. The zero-order valence-electron chi connectivity index (χ0n) is 11.7. The van der Waals surface area contributed by atoms with Gasteiger partial charge in [-0.25, -0.2) is 4.39 Å². The van der Waals surface area contributed by atoms with Crippen LogP contribution in [0, 0.1) is 18.2 Å². The normalized spacial score (nSPS) is 18.3. The molecular weight excluding hydrogens is 277 g/mol. The van der Waals surface area contributed by atoms with Gasteiger partial charge in [-0.1, -0.05) is 11.2 Å². The van der Waals surface area contributed by atoms with Crippen molar-refractivity contribution in [2.45, 2.75) is 19.8 Å². The first-order valence-electron chi connectivity index (χ1n) is 6.63. The number of amidine groups is 1. The first-order valence-corrected chi connectivity index (χ1v) is 6.63. The Kier molecular flexibility index (Phi) is 4.42. The summed E-state index contributed by atoms with van der Waals surface area (Å²) in [6, 6.07) is 4.42. The van der Waals surface area contributed by atoms with Crippen LogP contribution in [0.15, 0.2) is 23.4 Å². The van der Waals surface area contributed by atoms with Crippen molar-refractivity contribution >= 4 is 17.4 Å². The van der Waals surface area contributed by atoms with Crippen LogP contribution in [-0.4, -0.2) is 30.2 Å². The molecule has 0 atom stereocenters. The molecule has 114 valence electrons.